The number of carboxylic acid groups (broad SMARTS) is 1. The molecule has 0 saturated carbocycles. The predicted molar refractivity (Wildman–Crippen MR) is 125 cm³/mol. The van der Waals surface area contributed by atoms with Gasteiger partial charge in [0.2, 0.25) is 0 Å². The van der Waals surface area contributed by atoms with Crippen LogP contribution < -0.4 is 5.32 Å². The Morgan fingerprint density at radius 1 is 1.00 bits per heavy atom. The summed E-state index contributed by atoms with van der Waals surface area (Å²) in [6.07, 6.45) is 2.04. The van der Waals surface area contributed by atoms with Crippen LogP contribution in [-0.4, -0.2) is 23.7 Å². The van der Waals surface area contributed by atoms with Crippen LogP contribution in [0, 0.1) is 20.8 Å². The third-order valence-corrected chi connectivity index (χ3v) is 6.28. The van der Waals surface area contributed by atoms with Crippen LogP contribution in [0.3, 0.4) is 0 Å². The molecule has 0 spiro atoms. The van der Waals surface area contributed by atoms with E-state index in [0.29, 0.717) is 6.61 Å². The molecule has 1 aliphatic carbocycles. The van der Waals surface area contributed by atoms with Crippen molar-refractivity contribution in [2.45, 2.75) is 46.3 Å². The van der Waals surface area contributed by atoms with Gasteiger partial charge in [-0.05, 0) is 90.3 Å². The van der Waals surface area contributed by atoms with E-state index >= 15 is 0 Å². The lowest BCUT2D eigenvalue weighted by Crippen LogP contribution is -2.14. The Labute approximate surface area is 183 Å². The summed E-state index contributed by atoms with van der Waals surface area (Å²) in [5.74, 6) is -0.879. The maximum Gasteiger partial charge on any atom is 0.322 e. The Hall–Kier alpha value is -3.11. The molecule has 0 aliphatic heterocycles. The lowest BCUT2D eigenvalue weighted by atomic mass is 9.93. The summed E-state index contributed by atoms with van der Waals surface area (Å²) in [4.78, 5) is 11.0. The maximum absolute atomic E-state index is 11.0. The van der Waals surface area contributed by atoms with Crippen molar-refractivity contribution in [3.63, 3.8) is 0 Å². The van der Waals surface area contributed by atoms with E-state index < -0.39 is 5.97 Å². The molecule has 0 saturated heterocycles. The van der Waals surface area contributed by atoms with Crippen molar-refractivity contribution in [3.8, 4) is 11.1 Å². The first-order chi connectivity index (χ1) is 14.9. The molecule has 0 atom stereocenters. The molecule has 0 unspecified atom stereocenters. The molecule has 0 amide bonds. The van der Waals surface area contributed by atoms with Gasteiger partial charge < -0.3 is 15.2 Å². The summed E-state index contributed by atoms with van der Waals surface area (Å²) in [5.41, 5.74) is 10.7. The second kappa shape index (κ2) is 8.94. The first-order valence-electron chi connectivity index (χ1n) is 10.8. The standard InChI is InChI=1S/C27H29NO3/c1-17-10-22(11-18(2)19(17)3)26-9-8-24(28-15-27(29)30)12-23(26)16-31-25-13-20-6-4-5-7-21(20)14-25/h4-12,25,28H,13-16H2,1-3H3,(H,29,30). The van der Waals surface area contributed by atoms with Crippen LogP contribution in [0.15, 0.2) is 54.6 Å². The summed E-state index contributed by atoms with van der Waals surface area (Å²) >= 11 is 0. The number of benzene rings is 3. The van der Waals surface area contributed by atoms with Crippen molar-refractivity contribution in [2.24, 2.45) is 0 Å². The van der Waals surface area contributed by atoms with E-state index in [-0.39, 0.29) is 12.6 Å². The molecule has 4 nitrogen and oxygen atoms in total. The monoisotopic (exact) mass is 415 g/mol. The average Bonchev–Trinajstić information content (AvgIpc) is 3.17. The van der Waals surface area contributed by atoms with Gasteiger partial charge in [0.25, 0.3) is 0 Å². The van der Waals surface area contributed by atoms with Crippen LogP contribution in [0.25, 0.3) is 11.1 Å². The molecule has 0 fully saturated rings. The van der Waals surface area contributed by atoms with E-state index in [0.717, 1.165) is 29.7 Å². The number of carboxylic acids is 1. The van der Waals surface area contributed by atoms with Gasteiger partial charge in [-0.3, -0.25) is 4.79 Å². The molecule has 3 aromatic rings. The smallest absolute Gasteiger partial charge is 0.322 e. The zero-order valence-electron chi connectivity index (χ0n) is 18.4. The zero-order valence-corrected chi connectivity index (χ0v) is 18.4. The molecule has 2 N–H and O–H groups in total. The quantitative estimate of drug-likeness (QED) is 0.538. The number of hydrogen-bond donors (Lipinski definition) is 2. The first kappa shape index (κ1) is 21.1. The second-order valence-electron chi connectivity index (χ2n) is 8.46. The highest BCUT2D eigenvalue weighted by atomic mass is 16.5. The molecular weight excluding hydrogens is 386 g/mol. The maximum atomic E-state index is 11.0. The second-order valence-corrected chi connectivity index (χ2v) is 8.46. The fraction of sp³-hybridized carbons (Fsp3) is 0.296. The third-order valence-electron chi connectivity index (χ3n) is 6.28. The average molecular weight is 416 g/mol. The Morgan fingerprint density at radius 2 is 1.65 bits per heavy atom. The highest BCUT2D eigenvalue weighted by Crippen LogP contribution is 2.32. The van der Waals surface area contributed by atoms with Crippen molar-refractivity contribution in [2.75, 3.05) is 11.9 Å². The summed E-state index contributed by atoms with van der Waals surface area (Å²) in [7, 11) is 0. The topological polar surface area (TPSA) is 58.6 Å². The molecule has 0 heterocycles. The van der Waals surface area contributed by atoms with E-state index in [9.17, 15) is 4.79 Å². The SMILES string of the molecule is Cc1cc(-c2ccc(NCC(=O)O)cc2COC2Cc3ccccc3C2)cc(C)c1C. The van der Waals surface area contributed by atoms with E-state index in [2.05, 4.69) is 68.6 Å². The van der Waals surface area contributed by atoms with E-state index in [1.54, 1.807) is 0 Å². The van der Waals surface area contributed by atoms with Gasteiger partial charge in [0, 0.05) is 5.69 Å². The minimum absolute atomic E-state index is 0.111. The van der Waals surface area contributed by atoms with Crippen LogP contribution in [0.4, 0.5) is 5.69 Å². The molecule has 0 radical (unpaired) electrons. The van der Waals surface area contributed by atoms with Crippen molar-refractivity contribution in [1.82, 2.24) is 0 Å². The molecule has 31 heavy (non-hydrogen) atoms. The summed E-state index contributed by atoms with van der Waals surface area (Å²) in [5, 5.41) is 12.0. The van der Waals surface area contributed by atoms with Gasteiger partial charge in [-0.25, -0.2) is 0 Å². The molecule has 0 aromatic heterocycles. The largest absolute Gasteiger partial charge is 0.480 e. The van der Waals surface area contributed by atoms with Gasteiger partial charge >= 0.3 is 5.97 Å². The van der Waals surface area contributed by atoms with Crippen LogP contribution in [0.1, 0.15) is 33.4 Å². The molecule has 1 aliphatic rings. The Kier molecular flexibility index (Phi) is 6.10. The fourth-order valence-electron chi connectivity index (χ4n) is 4.32. The number of aliphatic carboxylic acids is 1. The Balaban J connectivity index is 1.60. The number of anilines is 1. The summed E-state index contributed by atoms with van der Waals surface area (Å²) in [6, 6.07) is 19.0. The molecular formula is C27H29NO3. The van der Waals surface area contributed by atoms with E-state index in [1.807, 2.05) is 12.1 Å². The van der Waals surface area contributed by atoms with E-state index in [1.165, 1.54) is 33.4 Å². The van der Waals surface area contributed by atoms with Crippen LogP contribution >= 0.6 is 0 Å². The Bertz CT molecular complexity index is 1070. The van der Waals surface area contributed by atoms with Gasteiger partial charge in [-0.15, -0.1) is 0 Å². The number of hydrogen-bond acceptors (Lipinski definition) is 3. The van der Waals surface area contributed by atoms with Crippen LogP contribution in [0.2, 0.25) is 0 Å². The number of carbonyl (C=O) groups is 1. The minimum atomic E-state index is -0.879. The molecule has 0 bridgehead atoms. The molecule has 3 aromatic carbocycles. The third kappa shape index (κ3) is 4.80. The van der Waals surface area contributed by atoms with Gasteiger partial charge in [-0.1, -0.05) is 42.5 Å². The number of fused-ring (bicyclic) bond motifs is 1. The number of nitrogens with one attached hydrogen (secondary N) is 1. The van der Waals surface area contributed by atoms with Gasteiger partial charge in [-0.2, -0.15) is 0 Å². The Morgan fingerprint density at radius 3 is 2.26 bits per heavy atom. The fourth-order valence-corrected chi connectivity index (χ4v) is 4.32. The zero-order chi connectivity index (χ0) is 22.0. The molecule has 4 rings (SSSR count). The van der Waals surface area contributed by atoms with Crippen molar-refractivity contribution in [3.05, 3.63) is 88.0 Å². The van der Waals surface area contributed by atoms with Crippen molar-refractivity contribution >= 4 is 11.7 Å². The van der Waals surface area contributed by atoms with Gasteiger partial charge in [0.05, 0.1) is 12.7 Å². The van der Waals surface area contributed by atoms with E-state index in [4.69, 9.17) is 9.84 Å². The number of ether oxygens (including phenoxy) is 1. The highest BCUT2D eigenvalue weighted by Gasteiger charge is 2.22. The first-order valence-corrected chi connectivity index (χ1v) is 10.8. The molecule has 4 heteroatoms. The predicted octanol–water partition coefficient (Wildman–Crippen LogP) is 5.46. The highest BCUT2D eigenvalue weighted by molar-refractivity contribution is 5.75. The lowest BCUT2D eigenvalue weighted by molar-refractivity contribution is -0.134. The number of aryl methyl sites for hydroxylation is 2. The van der Waals surface area contributed by atoms with Crippen molar-refractivity contribution in [1.29, 1.82) is 0 Å². The van der Waals surface area contributed by atoms with Gasteiger partial charge in [0.15, 0.2) is 0 Å². The normalized spacial score (nSPS) is 13.3. The summed E-state index contributed by atoms with van der Waals surface area (Å²) < 4.78 is 6.35. The van der Waals surface area contributed by atoms with Crippen LogP contribution in [-0.2, 0) is 29.0 Å². The van der Waals surface area contributed by atoms with Crippen LogP contribution in [0.5, 0.6) is 0 Å². The molecule has 160 valence electrons. The lowest BCUT2D eigenvalue weighted by Gasteiger charge is -2.17. The summed E-state index contributed by atoms with van der Waals surface area (Å²) in [6.45, 7) is 6.80. The van der Waals surface area contributed by atoms with Gasteiger partial charge in [0.1, 0.15) is 6.54 Å². The number of rotatable bonds is 7. The minimum Gasteiger partial charge on any atom is -0.480 e. The van der Waals surface area contributed by atoms with Crippen molar-refractivity contribution < 1.29 is 14.6 Å².